The van der Waals surface area contributed by atoms with Gasteiger partial charge in [-0.2, -0.15) is 0 Å². The first-order valence-corrected chi connectivity index (χ1v) is 6.86. The summed E-state index contributed by atoms with van der Waals surface area (Å²) in [6.45, 7) is 2.63. The summed E-state index contributed by atoms with van der Waals surface area (Å²) in [5, 5.41) is 4.06. The summed E-state index contributed by atoms with van der Waals surface area (Å²) in [6, 6.07) is 5.57. The molecule has 1 aliphatic heterocycles. The Morgan fingerprint density at radius 2 is 2.17 bits per heavy atom. The number of hydrogen-bond acceptors (Lipinski definition) is 3. The molecule has 1 fully saturated rings. The maximum Gasteiger partial charge on any atom is 0.106 e. The number of halogens is 1. The van der Waals surface area contributed by atoms with E-state index in [1.54, 1.807) is 6.07 Å². The molecule has 3 nitrogen and oxygen atoms in total. The van der Waals surface area contributed by atoms with Crippen molar-refractivity contribution in [2.75, 3.05) is 25.1 Å². The van der Waals surface area contributed by atoms with Crippen molar-refractivity contribution in [1.82, 2.24) is 0 Å². The van der Waals surface area contributed by atoms with Gasteiger partial charge in [0.1, 0.15) is 4.99 Å². The van der Waals surface area contributed by atoms with E-state index < -0.39 is 0 Å². The average molecular weight is 285 g/mol. The van der Waals surface area contributed by atoms with Gasteiger partial charge < -0.3 is 15.8 Å². The van der Waals surface area contributed by atoms with E-state index in [1.165, 1.54) is 0 Å². The van der Waals surface area contributed by atoms with E-state index in [1.807, 2.05) is 12.1 Å². The fourth-order valence-corrected chi connectivity index (χ4v) is 2.42. The van der Waals surface area contributed by atoms with Crippen molar-refractivity contribution in [2.45, 2.75) is 12.8 Å². The summed E-state index contributed by atoms with van der Waals surface area (Å²) in [5.41, 5.74) is 7.47. The molecule has 1 aliphatic rings. The summed E-state index contributed by atoms with van der Waals surface area (Å²) < 4.78 is 5.34. The van der Waals surface area contributed by atoms with Gasteiger partial charge in [0.25, 0.3) is 0 Å². The van der Waals surface area contributed by atoms with Gasteiger partial charge in [-0.15, -0.1) is 0 Å². The van der Waals surface area contributed by atoms with Crippen LogP contribution in [-0.4, -0.2) is 24.7 Å². The second-order valence-electron chi connectivity index (χ2n) is 4.49. The summed E-state index contributed by atoms with van der Waals surface area (Å²) >= 11 is 11.0. The first kappa shape index (κ1) is 13.6. The third-order valence-corrected chi connectivity index (χ3v) is 3.62. The fourth-order valence-electron chi connectivity index (χ4n) is 2.08. The number of thiocarbonyl (C=S) groups is 1. The van der Waals surface area contributed by atoms with Crippen molar-refractivity contribution < 1.29 is 4.74 Å². The molecule has 98 valence electrons. The minimum atomic E-state index is 0.368. The second kappa shape index (κ2) is 6.36. The van der Waals surface area contributed by atoms with Crippen LogP contribution in [0.5, 0.6) is 0 Å². The zero-order valence-electron chi connectivity index (χ0n) is 10.1. The maximum atomic E-state index is 5.95. The Kier molecular flexibility index (Phi) is 4.80. The van der Waals surface area contributed by atoms with E-state index in [2.05, 4.69) is 5.32 Å². The van der Waals surface area contributed by atoms with Gasteiger partial charge in [-0.05, 0) is 37.0 Å². The molecule has 0 spiro atoms. The molecule has 0 bridgehead atoms. The van der Waals surface area contributed by atoms with Crippen LogP contribution in [0.4, 0.5) is 5.69 Å². The van der Waals surface area contributed by atoms with Crippen LogP contribution in [0.2, 0.25) is 5.02 Å². The zero-order chi connectivity index (χ0) is 13.0. The van der Waals surface area contributed by atoms with Gasteiger partial charge in [-0.1, -0.05) is 23.8 Å². The van der Waals surface area contributed by atoms with Gasteiger partial charge in [-0.3, -0.25) is 0 Å². The number of hydrogen-bond donors (Lipinski definition) is 2. The van der Waals surface area contributed by atoms with Crippen LogP contribution >= 0.6 is 23.8 Å². The SMILES string of the molecule is NC(=S)c1cc(Cl)ccc1NCC1CCOCC1. The van der Waals surface area contributed by atoms with Crippen molar-refractivity contribution in [3.05, 3.63) is 28.8 Å². The quantitative estimate of drug-likeness (QED) is 0.835. The molecule has 1 aromatic carbocycles. The van der Waals surface area contributed by atoms with Crippen LogP contribution in [0.1, 0.15) is 18.4 Å². The number of nitrogens with two attached hydrogens (primary N) is 1. The highest BCUT2D eigenvalue weighted by Gasteiger charge is 2.14. The van der Waals surface area contributed by atoms with Gasteiger partial charge in [0, 0.05) is 36.0 Å². The first-order valence-electron chi connectivity index (χ1n) is 6.08. The highest BCUT2D eigenvalue weighted by molar-refractivity contribution is 7.80. The van der Waals surface area contributed by atoms with Crippen LogP contribution in [0, 0.1) is 5.92 Å². The molecule has 5 heteroatoms. The minimum absolute atomic E-state index is 0.368. The Bertz CT molecular complexity index is 433. The van der Waals surface area contributed by atoms with E-state index in [-0.39, 0.29) is 0 Å². The zero-order valence-corrected chi connectivity index (χ0v) is 11.7. The average Bonchev–Trinajstić information content (AvgIpc) is 2.38. The van der Waals surface area contributed by atoms with E-state index in [4.69, 9.17) is 34.3 Å². The van der Waals surface area contributed by atoms with E-state index in [9.17, 15) is 0 Å². The number of rotatable bonds is 4. The van der Waals surface area contributed by atoms with Crippen LogP contribution in [0.15, 0.2) is 18.2 Å². The molecule has 0 saturated carbocycles. The fraction of sp³-hybridized carbons (Fsp3) is 0.462. The summed E-state index contributed by atoms with van der Waals surface area (Å²) in [7, 11) is 0. The topological polar surface area (TPSA) is 47.3 Å². The Hall–Kier alpha value is -0.840. The number of benzene rings is 1. The van der Waals surface area contributed by atoms with Gasteiger partial charge in [0.15, 0.2) is 0 Å². The molecule has 0 aliphatic carbocycles. The standard InChI is InChI=1S/C13H17ClN2OS/c14-10-1-2-12(11(7-10)13(15)18)16-8-9-3-5-17-6-4-9/h1-2,7,9,16H,3-6,8H2,(H2,15,18). The molecule has 1 saturated heterocycles. The molecular weight excluding hydrogens is 268 g/mol. The lowest BCUT2D eigenvalue weighted by atomic mass is 10.00. The normalized spacial score (nSPS) is 16.5. The third-order valence-electron chi connectivity index (χ3n) is 3.17. The molecule has 0 radical (unpaired) electrons. The van der Waals surface area contributed by atoms with E-state index >= 15 is 0 Å². The molecule has 2 rings (SSSR count). The third kappa shape index (κ3) is 3.57. The molecular formula is C13H17ClN2OS. The Labute approximate surface area is 118 Å². The lowest BCUT2D eigenvalue weighted by molar-refractivity contribution is 0.0699. The molecule has 1 heterocycles. The van der Waals surface area contributed by atoms with Crippen molar-refractivity contribution in [3.63, 3.8) is 0 Å². The lowest BCUT2D eigenvalue weighted by Gasteiger charge is -2.23. The number of anilines is 1. The summed E-state index contributed by atoms with van der Waals surface area (Å²) in [4.78, 5) is 0.368. The summed E-state index contributed by atoms with van der Waals surface area (Å²) in [6.07, 6.45) is 2.20. The van der Waals surface area contributed by atoms with Crippen LogP contribution in [-0.2, 0) is 4.74 Å². The van der Waals surface area contributed by atoms with Crippen LogP contribution in [0.25, 0.3) is 0 Å². The predicted octanol–water partition coefficient (Wildman–Crippen LogP) is 2.81. The minimum Gasteiger partial charge on any atom is -0.389 e. The van der Waals surface area contributed by atoms with Crippen LogP contribution < -0.4 is 11.1 Å². The molecule has 0 atom stereocenters. The number of ether oxygens (including phenoxy) is 1. The van der Waals surface area contributed by atoms with E-state index in [0.717, 1.165) is 43.9 Å². The monoisotopic (exact) mass is 284 g/mol. The predicted molar refractivity (Wildman–Crippen MR) is 79.4 cm³/mol. The molecule has 0 amide bonds. The summed E-state index contributed by atoms with van der Waals surface area (Å²) in [5.74, 6) is 0.647. The van der Waals surface area contributed by atoms with Gasteiger partial charge in [0.05, 0.1) is 0 Å². The van der Waals surface area contributed by atoms with Gasteiger partial charge in [0.2, 0.25) is 0 Å². The van der Waals surface area contributed by atoms with Crippen molar-refractivity contribution in [1.29, 1.82) is 0 Å². The van der Waals surface area contributed by atoms with Crippen molar-refractivity contribution in [2.24, 2.45) is 11.7 Å². The maximum absolute atomic E-state index is 5.95. The first-order chi connectivity index (χ1) is 8.66. The molecule has 18 heavy (non-hydrogen) atoms. The van der Waals surface area contributed by atoms with Gasteiger partial charge >= 0.3 is 0 Å². The molecule has 0 unspecified atom stereocenters. The smallest absolute Gasteiger partial charge is 0.106 e. The highest BCUT2D eigenvalue weighted by atomic mass is 35.5. The Balaban J connectivity index is 2.01. The largest absolute Gasteiger partial charge is 0.389 e. The lowest BCUT2D eigenvalue weighted by Crippen LogP contribution is -2.23. The van der Waals surface area contributed by atoms with E-state index in [0.29, 0.717) is 15.9 Å². The Morgan fingerprint density at radius 3 is 2.83 bits per heavy atom. The molecule has 3 N–H and O–H groups in total. The second-order valence-corrected chi connectivity index (χ2v) is 5.37. The Morgan fingerprint density at radius 1 is 1.44 bits per heavy atom. The number of nitrogens with one attached hydrogen (secondary N) is 1. The molecule has 0 aromatic heterocycles. The van der Waals surface area contributed by atoms with Crippen molar-refractivity contribution >= 4 is 34.5 Å². The highest BCUT2D eigenvalue weighted by Crippen LogP contribution is 2.22. The molecule has 1 aromatic rings. The van der Waals surface area contributed by atoms with Crippen molar-refractivity contribution in [3.8, 4) is 0 Å². The van der Waals surface area contributed by atoms with Crippen LogP contribution in [0.3, 0.4) is 0 Å². The van der Waals surface area contributed by atoms with Gasteiger partial charge in [-0.25, -0.2) is 0 Å².